The van der Waals surface area contributed by atoms with Crippen LogP contribution < -0.4 is 4.72 Å². The molecule has 0 radical (unpaired) electrons. The second-order valence-corrected chi connectivity index (χ2v) is 8.79. The average molecular weight is 444 g/mol. The molecule has 90 valence electrons. The van der Waals surface area contributed by atoms with Crippen LogP contribution in [0.25, 0.3) is 0 Å². The minimum absolute atomic E-state index is 0.295. The zero-order valence-corrected chi connectivity index (χ0v) is 13.7. The number of rotatable bonds is 3. The van der Waals surface area contributed by atoms with Crippen molar-refractivity contribution in [3.63, 3.8) is 0 Å². The minimum atomic E-state index is -3.47. The molecule has 0 aliphatic heterocycles. The monoisotopic (exact) mass is 443 g/mol. The number of halogens is 2. The van der Waals surface area contributed by atoms with Crippen LogP contribution in [0.1, 0.15) is 0 Å². The molecule has 7 heteroatoms. The van der Waals surface area contributed by atoms with E-state index in [2.05, 4.69) is 43.2 Å². The van der Waals surface area contributed by atoms with E-state index in [4.69, 9.17) is 0 Å². The average Bonchev–Trinajstić information content (AvgIpc) is 2.65. The number of benzene rings is 1. The second kappa shape index (κ2) is 5.25. The Morgan fingerprint density at radius 3 is 2.59 bits per heavy atom. The Labute approximate surface area is 126 Å². The minimum Gasteiger partial charge on any atom is -0.279 e. The number of nitrogens with one attached hydrogen (secondary N) is 1. The first-order valence-corrected chi connectivity index (χ1v) is 8.68. The molecule has 0 bridgehead atoms. The lowest BCUT2D eigenvalue weighted by Crippen LogP contribution is -2.11. The number of sulfonamides is 1. The quantitative estimate of drug-likeness (QED) is 0.731. The van der Waals surface area contributed by atoms with Crippen LogP contribution in [-0.2, 0) is 10.0 Å². The van der Waals surface area contributed by atoms with Gasteiger partial charge in [0.1, 0.15) is 4.21 Å². The maximum atomic E-state index is 12.0. The van der Waals surface area contributed by atoms with Gasteiger partial charge in [0.25, 0.3) is 10.0 Å². The molecule has 0 saturated carbocycles. The number of anilines is 1. The third-order valence-electron chi connectivity index (χ3n) is 1.89. The third-order valence-corrected chi connectivity index (χ3v) is 6.06. The Kier molecular flexibility index (Phi) is 4.11. The van der Waals surface area contributed by atoms with Crippen molar-refractivity contribution in [2.45, 2.75) is 4.21 Å². The molecular weight excluding hydrogens is 437 g/mol. The first-order chi connectivity index (χ1) is 7.97. The lowest BCUT2D eigenvalue weighted by molar-refractivity contribution is 0.603. The molecule has 3 nitrogen and oxygen atoms in total. The van der Waals surface area contributed by atoms with Crippen molar-refractivity contribution in [1.29, 1.82) is 0 Å². The Bertz CT molecular complexity index is 639. The lowest BCUT2D eigenvalue weighted by atomic mass is 10.3. The van der Waals surface area contributed by atoms with E-state index in [1.165, 1.54) is 11.3 Å². The Balaban J connectivity index is 2.29. The predicted molar refractivity (Wildman–Crippen MR) is 82.0 cm³/mol. The van der Waals surface area contributed by atoms with Crippen LogP contribution in [0.15, 0.2) is 44.4 Å². The summed E-state index contributed by atoms with van der Waals surface area (Å²) >= 11 is 6.57. The molecule has 0 fully saturated rings. The van der Waals surface area contributed by atoms with E-state index < -0.39 is 10.0 Å². The summed E-state index contributed by atoms with van der Waals surface area (Å²) in [6.07, 6.45) is 0. The molecule has 0 aliphatic carbocycles. The predicted octanol–water partition coefficient (Wildman–Crippen LogP) is 3.92. The van der Waals surface area contributed by atoms with E-state index >= 15 is 0 Å². The van der Waals surface area contributed by atoms with Gasteiger partial charge in [0, 0.05) is 9.26 Å². The maximum Gasteiger partial charge on any atom is 0.271 e. The van der Waals surface area contributed by atoms with Crippen molar-refractivity contribution in [1.82, 2.24) is 0 Å². The fraction of sp³-hybridized carbons (Fsp3) is 0. The van der Waals surface area contributed by atoms with Gasteiger partial charge < -0.3 is 0 Å². The summed E-state index contributed by atoms with van der Waals surface area (Å²) in [5.74, 6) is 0. The highest BCUT2D eigenvalue weighted by molar-refractivity contribution is 14.1. The van der Waals surface area contributed by atoms with E-state index in [-0.39, 0.29) is 0 Å². The largest absolute Gasteiger partial charge is 0.279 e. The summed E-state index contributed by atoms with van der Waals surface area (Å²) in [6.45, 7) is 0. The molecule has 0 aliphatic rings. The number of thiophene rings is 1. The topological polar surface area (TPSA) is 46.2 Å². The van der Waals surface area contributed by atoms with Gasteiger partial charge in [-0.1, -0.05) is 6.07 Å². The normalized spacial score (nSPS) is 11.4. The first-order valence-electron chi connectivity index (χ1n) is 4.51. The molecule has 0 amide bonds. The molecule has 1 aromatic carbocycles. The van der Waals surface area contributed by atoms with Crippen LogP contribution in [0.5, 0.6) is 0 Å². The zero-order chi connectivity index (χ0) is 12.5. The summed E-state index contributed by atoms with van der Waals surface area (Å²) in [4.78, 5) is 0. The fourth-order valence-corrected chi connectivity index (χ4v) is 4.80. The highest BCUT2D eigenvalue weighted by atomic mass is 127. The van der Waals surface area contributed by atoms with Gasteiger partial charge in [-0.15, -0.1) is 11.3 Å². The van der Waals surface area contributed by atoms with Crippen LogP contribution in [0.4, 0.5) is 5.69 Å². The van der Waals surface area contributed by atoms with Crippen LogP contribution in [-0.4, -0.2) is 8.42 Å². The summed E-state index contributed by atoms with van der Waals surface area (Å²) in [7, 11) is -3.47. The van der Waals surface area contributed by atoms with Gasteiger partial charge in [-0.25, -0.2) is 8.42 Å². The van der Waals surface area contributed by atoms with Gasteiger partial charge in [0.05, 0.1) is 3.79 Å². The van der Waals surface area contributed by atoms with Crippen molar-refractivity contribution < 1.29 is 8.42 Å². The SMILES string of the molecule is O=S(=O)(Nc1cccc(I)c1)c1ccc(Br)s1. The van der Waals surface area contributed by atoms with Crippen LogP contribution in [0, 0.1) is 3.57 Å². The van der Waals surface area contributed by atoms with E-state index in [1.807, 2.05) is 12.1 Å². The molecule has 1 N–H and O–H groups in total. The van der Waals surface area contributed by atoms with Gasteiger partial charge >= 0.3 is 0 Å². The summed E-state index contributed by atoms with van der Waals surface area (Å²) in [6, 6.07) is 10.5. The Hall–Kier alpha value is -0.120. The Morgan fingerprint density at radius 2 is 2.00 bits per heavy atom. The Morgan fingerprint density at radius 1 is 1.24 bits per heavy atom. The molecular formula is C10H7BrINO2S2. The van der Waals surface area contributed by atoms with Crippen molar-refractivity contribution in [2.75, 3.05) is 4.72 Å². The van der Waals surface area contributed by atoms with Crippen LogP contribution in [0.2, 0.25) is 0 Å². The van der Waals surface area contributed by atoms with E-state index in [1.54, 1.807) is 24.3 Å². The van der Waals surface area contributed by atoms with Crippen molar-refractivity contribution >= 4 is 65.6 Å². The van der Waals surface area contributed by atoms with E-state index in [9.17, 15) is 8.42 Å². The molecule has 0 saturated heterocycles. The van der Waals surface area contributed by atoms with Gasteiger partial charge in [0.15, 0.2) is 0 Å². The summed E-state index contributed by atoms with van der Waals surface area (Å²) < 4.78 is 28.6. The van der Waals surface area contributed by atoms with Crippen molar-refractivity contribution in [3.05, 3.63) is 43.8 Å². The number of hydrogen-bond acceptors (Lipinski definition) is 3. The van der Waals surface area contributed by atoms with Crippen LogP contribution >= 0.6 is 49.9 Å². The third kappa shape index (κ3) is 3.43. The van der Waals surface area contributed by atoms with E-state index in [0.717, 1.165) is 7.36 Å². The maximum absolute atomic E-state index is 12.0. The molecule has 2 aromatic rings. The molecule has 0 unspecified atom stereocenters. The number of hydrogen-bond donors (Lipinski definition) is 1. The smallest absolute Gasteiger partial charge is 0.271 e. The molecule has 0 atom stereocenters. The molecule has 2 rings (SSSR count). The van der Waals surface area contributed by atoms with Gasteiger partial charge in [-0.3, -0.25) is 4.72 Å². The fourth-order valence-electron chi connectivity index (χ4n) is 1.20. The molecule has 17 heavy (non-hydrogen) atoms. The second-order valence-electron chi connectivity index (χ2n) is 3.17. The summed E-state index contributed by atoms with van der Waals surface area (Å²) in [5.41, 5.74) is 0.571. The molecule has 1 heterocycles. The first kappa shape index (κ1) is 13.3. The standard InChI is InChI=1S/C10H7BrINO2S2/c11-9-4-5-10(16-9)17(14,15)13-8-3-1-2-7(12)6-8/h1-6,13H. The molecule has 0 spiro atoms. The van der Waals surface area contributed by atoms with Gasteiger partial charge in [-0.2, -0.15) is 0 Å². The van der Waals surface area contributed by atoms with Crippen LogP contribution in [0.3, 0.4) is 0 Å². The van der Waals surface area contributed by atoms with Gasteiger partial charge in [0.2, 0.25) is 0 Å². The van der Waals surface area contributed by atoms with E-state index in [0.29, 0.717) is 9.90 Å². The van der Waals surface area contributed by atoms with Crippen molar-refractivity contribution in [3.8, 4) is 0 Å². The zero-order valence-electron chi connectivity index (χ0n) is 8.35. The molecule has 1 aromatic heterocycles. The van der Waals surface area contributed by atoms with Crippen molar-refractivity contribution in [2.24, 2.45) is 0 Å². The lowest BCUT2D eigenvalue weighted by Gasteiger charge is -2.06. The highest BCUT2D eigenvalue weighted by Crippen LogP contribution is 2.27. The van der Waals surface area contributed by atoms with Gasteiger partial charge in [-0.05, 0) is 68.9 Å². The summed E-state index contributed by atoms with van der Waals surface area (Å²) in [5, 5.41) is 0. The highest BCUT2D eigenvalue weighted by Gasteiger charge is 2.16.